The van der Waals surface area contributed by atoms with E-state index in [-0.39, 0.29) is 30.4 Å². The number of alkyl carbamates (subject to hydrolysis) is 1. The molecule has 2 heterocycles. The molecular weight excluding hydrogens is 346 g/mol. The van der Waals surface area contributed by atoms with E-state index in [2.05, 4.69) is 5.32 Å². The number of nitrogens with one attached hydrogen (secondary N) is 1. The molecule has 2 saturated heterocycles. The zero-order valence-electron chi connectivity index (χ0n) is 16.3. The minimum absolute atomic E-state index is 0.181. The first-order valence-electron chi connectivity index (χ1n) is 9.35. The van der Waals surface area contributed by atoms with Crippen LogP contribution in [-0.2, 0) is 9.53 Å². The largest absolute Gasteiger partial charge is 0.444 e. The number of urea groups is 1. The highest BCUT2D eigenvalue weighted by atomic mass is 16.6. The van der Waals surface area contributed by atoms with E-state index >= 15 is 0 Å². The molecule has 27 heavy (non-hydrogen) atoms. The fourth-order valence-electron chi connectivity index (χ4n) is 3.63. The van der Waals surface area contributed by atoms with Gasteiger partial charge in [-0.3, -0.25) is 4.79 Å². The summed E-state index contributed by atoms with van der Waals surface area (Å²) >= 11 is 0. The molecule has 7 nitrogen and oxygen atoms in total. The quantitative estimate of drug-likeness (QED) is 0.863. The van der Waals surface area contributed by atoms with Crippen LogP contribution in [0.1, 0.15) is 45.6 Å². The molecule has 7 heteroatoms. The Morgan fingerprint density at radius 2 is 1.85 bits per heavy atom. The minimum Gasteiger partial charge on any atom is -0.444 e. The Morgan fingerprint density at radius 3 is 2.48 bits per heavy atom. The third-order valence-corrected chi connectivity index (χ3v) is 4.84. The number of benzene rings is 1. The Kier molecular flexibility index (Phi) is 5.13. The maximum absolute atomic E-state index is 13.0. The molecule has 0 bridgehead atoms. The van der Waals surface area contributed by atoms with Gasteiger partial charge >= 0.3 is 12.1 Å². The number of rotatable bonds is 2. The smallest absolute Gasteiger partial charge is 0.407 e. The second-order valence-corrected chi connectivity index (χ2v) is 8.21. The number of amides is 4. The van der Waals surface area contributed by atoms with Crippen LogP contribution < -0.4 is 10.2 Å². The molecule has 2 unspecified atom stereocenters. The summed E-state index contributed by atoms with van der Waals surface area (Å²) in [4.78, 5) is 40.8. The van der Waals surface area contributed by atoms with Crippen molar-refractivity contribution in [1.82, 2.24) is 10.2 Å². The minimum atomic E-state index is -0.598. The molecule has 0 saturated carbocycles. The maximum Gasteiger partial charge on any atom is 0.407 e. The summed E-state index contributed by atoms with van der Waals surface area (Å²) < 4.78 is 5.33. The van der Waals surface area contributed by atoms with Gasteiger partial charge in [0.15, 0.2) is 0 Å². The molecule has 2 fully saturated rings. The molecule has 0 radical (unpaired) electrons. The lowest BCUT2D eigenvalue weighted by Gasteiger charge is -2.46. The Labute approximate surface area is 159 Å². The third-order valence-electron chi connectivity index (χ3n) is 4.84. The van der Waals surface area contributed by atoms with Crippen LogP contribution in [0.5, 0.6) is 0 Å². The van der Waals surface area contributed by atoms with Crippen LogP contribution in [-0.4, -0.2) is 47.2 Å². The molecule has 1 N–H and O–H groups in total. The molecule has 0 spiro atoms. The van der Waals surface area contributed by atoms with Gasteiger partial charge < -0.3 is 15.0 Å². The van der Waals surface area contributed by atoms with Gasteiger partial charge in [-0.25, -0.2) is 14.5 Å². The molecule has 146 valence electrons. The SMILES string of the molecule is Cc1ccc(N2C(=O)CC3C(NC(=O)OC(C)(C)C)CCCN3C2=O)cc1. The molecule has 2 aliphatic rings. The number of fused-ring (bicyclic) bond motifs is 1. The zero-order chi connectivity index (χ0) is 19.8. The van der Waals surface area contributed by atoms with Gasteiger partial charge in [0.05, 0.1) is 24.2 Å². The third kappa shape index (κ3) is 4.23. The van der Waals surface area contributed by atoms with Crippen LogP contribution in [0.2, 0.25) is 0 Å². The predicted molar refractivity (Wildman–Crippen MR) is 102 cm³/mol. The van der Waals surface area contributed by atoms with Crippen LogP contribution in [0, 0.1) is 6.92 Å². The van der Waals surface area contributed by atoms with Gasteiger partial charge in [0.25, 0.3) is 0 Å². The monoisotopic (exact) mass is 373 g/mol. The number of imide groups is 1. The van der Waals surface area contributed by atoms with Crippen molar-refractivity contribution in [2.75, 3.05) is 11.4 Å². The summed E-state index contributed by atoms with van der Waals surface area (Å²) in [5.74, 6) is -0.247. The topological polar surface area (TPSA) is 79.0 Å². The highest BCUT2D eigenvalue weighted by Crippen LogP contribution is 2.30. The fourth-order valence-corrected chi connectivity index (χ4v) is 3.63. The summed E-state index contributed by atoms with van der Waals surface area (Å²) in [5, 5.41) is 2.85. The van der Waals surface area contributed by atoms with Gasteiger partial charge in [0.1, 0.15) is 5.60 Å². The number of ether oxygens (including phenoxy) is 1. The first-order valence-corrected chi connectivity index (χ1v) is 9.35. The number of hydrogen-bond acceptors (Lipinski definition) is 4. The summed E-state index contributed by atoms with van der Waals surface area (Å²) in [5.41, 5.74) is 1.04. The molecule has 1 aromatic carbocycles. The van der Waals surface area contributed by atoms with Crippen molar-refractivity contribution in [2.45, 2.75) is 64.6 Å². The number of anilines is 1. The Hall–Kier alpha value is -2.57. The summed E-state index contributed by atoms with van der Waals surface area (Å²) in [6, 6.07) is 6.37. The van der Waals surface area contributed by atoms with E-state index in [1.807, 2.05) is 19.1 Å². The van der Waals surface area contributed by atoms with Crippen molar-refractivity contribution >= 4 is 23.7 Å². The molecular formula is C20H27N3O4. The highest BCUT2D eigenvalue weighted by molar-refractivity contribution is 6.16. The molecule has 2 aliphatic heterocycles. The van der Waals surface area contributed by atoms with Crippen molar-refractivity contribution in [3.8, 4) is 0 Å². The normalized spacial score (nSPS) is 23.1. The Balaban J connectivity index is 1.76. The van der Waals surface area contributed by atoms with Gasteiger partial charge in [0.2, 0.25) is 5.91 Å². The van der Waals surface area contributed by atoms with Crippen LogP contribution in [0.4, 0.5) is 15.3 Å². The molecule has 3 rings (SSSR count). The average molecular weight is 373 g/mol. The second kappa shape index (κ2) is 7.21. The maximum atomic E-state index is 13.0. The van der Waals surface area contributed by atoms with Gasteiger partial charge in [-0.2, -0.15) is 0 Å². The van der Waals surface area contributed by atoms with Gasteiger partial charge in [-0.15, -0.1) is 0 Å². The van der Waals surface area contributed by atoms with Gasteiger partial charge in [-0.05, 0) is 52.7 Å². The van der Waals surface area contributed by atoms with E-state index in [1.54, 1.807) is 37.8 Å². The first kappa shape index (κ1) is 19.2. The molecule has 2 atom stereocenters. The van der Waals surface area contributed by atoms with Crippen molar-refractivity contribution in [2.24, 2.45) is 0 Å². The first-order chi connectivity index (χ1) is 12.7. The lowest BCUT2D eigenvalue weighted by molar-refractivity contribution is -0.121. The van der Waals surface area contributed by atoms with Crippen molar-refractivity contribution in [1.29, 1.82) is 0 Å². The van der Waals surface area contributed by atoms with Crippen molar-refractivity contribution in [3.05, 3.63) is 29.8 Å². The molecule has 1 aromatic rings. The standard InChI is InChI=1S/C20H27N3O4/c1-13-7-9-14(10-8-13)23-17(24)12-16-15(6-5-11-22(16)19(23)26)21-18(25)27-20(2,3)4/h7-10,15-16H,5-6,11-12H2,1-4H3,(H,21,25). The zero-order valence-corrected chi connectivity index (χ0v) is 16.3. The van der Waals surface area contributed by atoms with E-state index in [0.717, 1.165) is 12.0 Å². The van der Waals surface area contributed by atoms with Crippen LogP contribution in [0.3, 0.4) is 0 Å². The van der Waals surface area contributed by atoms with Crippen LogP contribution in [0.15, 0.2) is 24.3 Å². The van der Waals surface area contributed by atoms with Crippen LogP contribution in [0.25, 0.3) is 0 Å². The predicted octanol–water partition coefficient (Wildman–Crippen LogP) is 3.21. The van der Waals surface area contributed by atoms with E-state index < -0.39 is 11.7 Å². The Bertz CT molecular complexity index is 739. The van der Waals surface area contributed by atoms with Crippen molar-refractivity contribution in [3.63, 3.8) is 0 Å². The van der Waals surface area contributed by atoms with Crippen LogP contribution >= 0.6 is 0 Å². The summed E-state index contributed by atoms with van der Waals surface area (Å²) in [6.45, 7) is 7.93. The highest BCUT2D eigenvalue weighted by Gasteiger charge is 2.45. The fraction of sp³-hybridized carbons (Fsp3) is 0.550. The number of aryl methyl sites for hydroxylation is 1. The molecule has 4 amide bonds. The van der Waals surface area contributed by atoms with E-state index in [9.17, 15) is 14.4 Å². The number of carbonyl (C=O) groups excluding carboxylic acids is 3. The Morgan fingerprint density at radius 1 is 1.19 bits per heavy atom. The average Bonchev–Trinajstić information content (AvgIpc) is 2.55. The number of nitrogens with zero attached hydrogens (tertiary/aromatic N) is 2. The lowest BCUT2D eigenvalue weighted by Crippen LogP contribution is -2.65. The van der Waals surface area contributed by atoms with Gasteiger partial charge in [0, 0.05) is 6.54 Å². The van der Waals surface area contributed by atoms with E-state index in [4.69, 9.17) is 4.74 Å². The molecule has 0 aliphatic carbocycles. The van der Waals surface area contributed by atoms with Gasteiger partial charge in [-0.1, -0.05) is 17.7 Å². The number of piperidine rings is 1. The summed E-state index contributed by atoms with van der Waals surface area (Å²) in [6.07, 6.45) is 1.14. The number of hydrogen-bond donors (Lipinski definition) is 1. The van der Waals surface area contributed by atoms with E-state index in [0.29, 0.717) is 18.7 Å². The lowest BCUT2D eigenvalue weighted by atomic mass is 9.91. The summed E-state index contributed by atoms with van der Waals surface area (Å²) in [7, 11) is 0. The molecule has 0 aromatic heterocycles. The van der Waals surface area contributed by atoms with E-state index in [1.165, 1.54) is 4.90 Å². The van der Waals surface area contributed by atoms with Crippen molar-refractivity contribution < 1.29 is 19.1 Å². The number of carbonyl (C=O) groups is 3. The second-order valence-electron chi connectivity index (χ2n) is 8.21.